The number of hydrogen-bond donors (Lipinski definition) is 4. The van der Waals surface area contributed by atoms with E-state index in [4.69, 9.17) is 5.41 Å². The fourth-order valence-electron chi connectivity index (χ4n) is 3.00. The Bertz CT molecular complexity index is 506. The number of aliphatic hydroxyl groups is 2. The summed E-state index contributed by atoms with van der Waals surface area (Å²) in [6, 6.07) is -0.340. The van der Waals surface area contributed by atoms with Crippen LogP contribution in [0.5, 0.6) is 0 Å². The molecule has 4 N–H and O–H groups in total. The number of hydrogen-bond acceptors (Lipinski definition) is 6. The SMILES string of the molecule is N=C1N=CNC2C1N=CN2[C@@H]1C=C(I)[C@H](CO)[C@H]1CO. The molecule has 3 rings (SSSR count). The van der Waals surface area contributed by atoms with E-state index in [1.165, 1.54) is 6.34 Å². The van der Waals surface area contributed by atoms with Crippen molar-refractivity contribution in [1.82, 2.24) is 10.2 Å². The van der Waals surface area contributed by atoms with Crippen LogP contribution >= 0.6 is 22.6 Å². The summed E-state index contributed by atoms with van der Waals surface area (Å²) in [6.45, 7) is 0.0342. The van der Waals surface area contributed by atoms with Crippen LogP contribution in [-0.2, 0) is 0 Å². The molecule has 1 aliphatic carbocycles. The Morgan fingerprint density at radius 2 is 2.20 bits per heavy atom. The topological polar surface area (TPSA) is 104 Å². The molecule has 2 unspecified atom stereocenters. The van der Waals surface area contributed by atoms with Crippen LogP contribution in [-0.4, -0.2) is 65.1 Å². The summed E-state index contributed by atoms with van der Waals surface area (Å²) in [6.07, 6.45) is 5.16. The molecule has 0 saturated carbocycles. The van der Waals surface area contributed by atoms with Crippen molar-refractivity contribution in [3.8, 4) is 0 Å². The quantitative estimate of drug-likeness (QED) is 0.491. The van der Waals surface area contributed by atoms with Crippen molar-refractivity contribution in [2.75, 3.05) is 13.2 Å². The molecule has 0 aromatic heterocycles. The maximum atomic E-state index is 9.66. The zero-order chi connectivity index (χ0) is 14.3. The molecule has 2 heterocycles. The lowest BCUT2D eigenvalue weighted by Crippen LogP contribution is -2.56. The van der Waals surface area contributed by atoms with Crippen LogP contribution in [0.2, 0.25) is 0 Å². The van der Waals surface area contributed by atoms with E-state index < -0.39 is 0 Å². The van der Waals surface area contributed by atoms with Crippen LogP contribution in [0.1, 0.15) is 0 Å². The summed E-state index contributed by atoms with van der Waals surface area (Å²) in [5.41, 5.74) is 0. The predicted octanol–water partition coefficient (Wildman–Crippen LogP) is -0.448. The first-order valence-corrected chi connectivity index (χ1v) is 7.52. The number of nitrogens with zero attached hydrogens (tertiary/aromatic N) is 3. The van der Waals surface area contributed by atoms with Gasteiger partial charge in [0.25, 0.3) is 0 Å². The summed E-state index contributed by atoms with van der Waals surface area (Å²) in [7, 11) is 0. The predicted molar refractivity (Wildman–Crippen MR) is 84.3 cm³/mol. The van der Waals surface area contributed by atoms with Gasteiger partial charge in [0.15, 0.2) is 5.84 Å². The molecule has 0 amide bonds. The van der Waals surface area contributed by atoms with Gasteiger partial charge in [0, 0.05) is 18.4 Å². The van der Waals surface area contributed by atoms with Gasteiger partial charge in [-0.25, -0.2) is 4.99 Å². The number of rotatable bonds is 3. The minimum Gasteiger partial charge on any atom is -0.396 e. The maximum Gasteiger partial charge on any atom is 0.151 e. The lowest BCUT2D eigenvalue weighted by atomic mass is 9.93. The Kier molecular flexibility index (Phi) is 3.78. The molecule has 0 radical (unpaired) electrons. The average Bonchev–Trinajstić information content (AvgIpc) is 2.99. The van der Waals surface area contributed by atoms with Crippen LogP contribution in [0, 0.1) is 17.2 Å². The van der Waals surface area contributed by atoms with Gasteiger partial charge in [-0.05, 0) is 26.2 Å². The van der Waals surface area contributed by atoms with Crippen molar-refractivity contribution >= 4 is 41.1 Å². The number of fused-ring (bicyclic) bond motifs is 1. The lowest BCUT2D eigenvalue weighted by Gasteiger charge is -2.36. The molecule has 0 fully saturated rings. The third-order valence-corrected chi connectivity index (χ3v) is 5.26. The molecular weight excluding hydrogens is 373 g/mol. The van der Waals surface area contributed by atoms with Crippen molar-refractivity contribution in [3.05, 3.63) is 9.66 Å². The van der Waals surface area contributed by atoms with Gasteiger partial charge in [-0.15, -0.1) is 0 Å². The normalized spacial score (nSPS) is 39.0. The summed E-state index contributed by atoms with van der Waals surface area (Å²) < 4.78 is 1.06. The van der Waals surface area contributed by atoms with Gasteiger partial charge in [0.2, 0.25) is 0 Å². The van der Waals surface area contributed by atoms with E-state index in [9.17, 15) is 10.2 Å². The molecule has 20 heavy (non-hydrogen) atoms. The van der Waals surface area contributed by atoms with Crippen molar-refractivity contribution in [3.63, 3.8) is 0 Å². The van der Waals surface area contributed by atoms with Gasteiger partial charge in [-0.1, -0.05) is 6.08 Å². The van der Waals surface area contributed by atoms with Gasteiger partial charge in [0.1, 0.15) is 12.2 Å². The molecule has 5 atom stereocenters. The van der Waals surface area contributed by atoms with Crippen molar-refractivity contribution in [2.24, 2.45) is 21.8 Å². The molecular formula is C12H16IN5O2. The van der Waals surface area contributed by atoms with E-state index in [2.05, 4.69) is 44.0 Å². The second kappa shape index (κ2) is 5.41. The molecule has 0 aromatic carbocycles. The highest BCUT2D eigenvalue weighted by atomic mass is 127. The smallest absolute Gasteiger partial charge is 0.151 e. The molecule has 7 nitrogen and oxygen atoms in total. The van der Waals surface area contributed by atoms with Gasteiger partial charge < -0.3 is 20.4 Å². The molecule has 108 valence electrons. The van der Waals surface area contributed by atoms with E-state index in [0.717, 1.165) is 3.58 Å². The van der Waals surface area contributed by atoms with E-state index in [1.54, 1.807) is 6.34 Å². The Labute approximate surface area is 130 Å². The third-order valence-electron chi connectivity index (χ3n) is 4.10. The molecule has 3 aliphatic rings. The summed E-state index contributed by atoms with van der Waals surface area (Å²) in [5.74, 6) is 0.144. The minimum atomic E-state index is -0.307. The largest absolute Gasteiger partial charge is 0.396 e. The van der Waals surface area contributed by atoms with Crippen molar-refractivity contribution in [1.29, 1.82) is 5.41 Å². The lowest BCUT2D eigenvalue weighted by molar-refractivity contribution is 0.103. The fourth-order valence-corrected chi connectivity index (χ4v) is 4.03. The molecule has 0 bridgehead atoms. The number of aliphatic imine (C=N–C) groups is 2. The summed E-state index contributed by atoms with van der Waals surface area (Å²) >= 11 is 2.22. The zero-order valence-corrected chi connectivity index (χ0v) is 12.8. The highest BCUT2D eigenvalue weighted by Gasteiger charge is 2.45. The van der Waals surface area contributed by atoms with E-state index in [0.29, 0.717) is 0 Å². The van der Waals surface area contributed by atoms with Gasteiger partial charge in [0.05, 0.1) is 25.3 Å². The van der Waals surface area contributed by atoms with Crippen LogP contribution in [0.4, 0.5) is 0 Å². The van der Waals surface area contributed by atoms with Crippen LogP contribution in [0.25, 0.3) is 0 Å². The van der Waals surface area contributed by atoms with Crippen LogP contribution < -0.4 is 5.32 Å². The second-order valence-corrected chi connectivity index (χ2v) is 6.33. The number of nitrogens with one attached hydrogen (secondary N) is 2. The number of amidine groups is 1. The Morgan fingerprint density at radius 3 is 2.90 bits per heavy atom. The van der Waals surface area contributed by atoms with Gasteiger partial charge in [-0.3, -0.25) is 10.4 Å². The van der Waals surface area contributed by atoms with E-state index in [-0.39, 0.29) is 49.1 Å². The summed E-state index contributed by atoms with van der Waals surface area (Å²) in [5, 5.41) is 30.1. The van der Waals surface area contributed by atoms with Gasteiger partial charge in [-0.2, -0.15) is 0 Å². The standard InChI is InChI=1S/C12H16IN5O2/c13-8-1-9(7(3-20)6(8)2-19)18-5-17-10-11(14)15-4-16-12(10)18/h1,4-7,9-10,12,19-20H,2-3H2,(H2,14,15,16)/t6-,7-,9-,10?,12?/m1/s1. The molecule has 0 saturated heterocycles. The molecule has 8 heteroatoms. The monoisotopic (exact) mass is 389 g/mol. The Hall–Kier alpha value is -1.00. The number of aliphatic hydroxyl groups excluding tert-OH is 2. The van der Waals surface area contributed by atoms with Crippen molar-refractivity contribution in [2.45, 2.75) is 18.2 Å². The molecule has 0 spiro atoms. The van der Waals surface area contributed by atoms with Crippen LogP contribution in [0.15, 0.2) is 19.6 Å². The summed E-state index contributed by atoms with van der Waals surface area (Å²) in [4.78, 5) is 10.3. The maximum absolute atomic E-state index is 9.66. The highest BCUT2D eigenvalue weighted by Crippen LogP contribution is 2.39. The Balaban J connectivity index is 1.85. The van der Waals surface area contributed by atoms with Crippen molar-refractivity contribution < 1.29 is 10.2 Å². The molecule has 2 aliphatic heterocycles. The third kappa shape index (κ3) is 2.06. The molecule has 0 aromatic rings. The first-order valence-electron chi connectivity index (χ1n) is 6.44. The van der Waals surface area contributed by atoms with Gasteiger partial charge >= 0.3 is 0 Å². The highest BCUT2D eigenvalue weighted by molar-refractivity contribution is 14.1. The number of halogens is 1. The average molecular weight is 389 g/mol. The van der Waals surface area contributed by atoms with E-state index >= 15 is 0 Å². The minimum absolute atomic E-state index is 0.00611. The first-order chi connectivity index (χ1) is 9.67. The second-order valence-electron chi connectivity index (χ2n) is 5.09. The first kappa shape index (κ1) is 14.0. The zero-order valence-electron chi connectivity index (χ0n) is 10.6. The Morgan fingerprint density at radius 1 is 1.40 bits per heavy atom. The van der Waals surface area contributed by atoms with Crippen LogP contribution in [0.3, 0.4) is 0 Å². The fraction of sp³-hybridized carbons (Fsp3) is 0.583. The van der Waals surface area contributed by atoms with E-state index in [1.807, 2.05) is 4.90 Å².